The SMILES string of the molecule is CCCCC(CCCCC(C)C)OP([O-])(=S)[S-].[Zn+2]. The van der Waals surface area contributed by atoms with Gasteiger partial charge >= 0.3 is 19.5 Å². The van der Waals surface area contributed by atoms with Crippen molar-refractivity contribution in [3.63, 3.8) is 0 Å². The summed E-state index contributed by atoms with van der Waals surface area (Å²) in [5.74, 6) is 0.744. The molecule has 104 valence electrons. The van der Waals surface area contributed by atoms with Crippen molar-refractivity contribution in [1.29, 1.82) is 0 Å². The third kappa shape index (κ3) is 15.6. The van der Waals surface area contributed by atoms with Crippen molar-refractivity contribution in [3.8, 4) is 0 Å². The Kier molecular flexibility index (Phi) is 14.9. The minimum absolute atomic E-state index is 0. The summed E-state index contributed by atoms with van der Waals surface area (Å²) in [6.45, 7) is 6.59. The number of rotatable bonds is 10. The zero-order valence-electron chi connectivity index (χ0n) is 11.9. The minimum atomic E-state index is -3.16. The zero-order valence-corrected chi connectivity index (χ0v) is 17.4. The van der Waals surface area contributed by atoms with Crippen molar-refractivity contribution in [2.24, 2.45) is 5.92 Å². The molecule has 0 aliphatic carbocycles. The smallest absolute Gasteiger partial charge is 0.819 e. The van der Waals surface area contributed by atoms with Gasteiger partial charge in [0.25, 0.3) is 0 Å². The Balaban J connectivity index is 0. The first-order valence-corrected chi connectivity index (χ1v) is 10.2. The average molecular weight is 362 g/mol. The Morgan fingerprint density at radius 3 is 2.11 bits per heavy atom. The summed E-state index contributed by atoms with van der Waals surface area (Å²) in [6, 6.07) is 0. The third-order valence-corrected chi connectivity index (χ3v) is 3.79. The van der Waals surface area contributed by atoms with Crippen molar-refractivity contribution in [3.05, 3.63) is 0 Å². The van der Waals surface area contributed by atoms with E-state index in [0.29, 0.717) is 0 Å². The van der Waals surface area contributed by atoms with Gasteiger partial charge in [0.2, 0.25) is 0 Å². The van der Waals surface area contributed by atoms with Crippen LogP contribution in [0.5, 0.6) is 0 Å². The van der Waals surface area contributed by atoms with Crippen molar-refractivity contribution in [2.45, 2.75) is 71.8 Å². The number of hydrogen-bond donors (Lipinski definition) is 0. The standard InChI is InChI=1S/C12H27O2PS2.Zn/c1-4-5-9-12(14-15(13,16)17)10-7-6-8-11(2)3;/h11-12H,4-10H2,1-3H3,(H2,13,16,17);/q;+2/p-2. The molecule has 0 saturated carbocycles. The molecule has 0 aromatic carbocycles. The molecule has 0 aliphatic heterocycles. The van der Waals surface area contributed by atoms with Crippen LogP contribution in [0.1, 0.15) is 65.7 Å². The van der Waals surface area contributed by atoms with Gasteiger partial charge in [-0.2, -0.15) is 0 Å². The monoisotopic (exact) mass is 360 g/mol. The molecule has 6 heteroatoms. The Bertz CT molecular complexity index is 234. The Morgan fingerprint density at radius 2 is 1.67 bits per heavy atom. The van der Waals surface area contributed by atoms with Crippen molar-refractivity contribution < 1.29 is 28.9 Å². The molecule has 0 radical (unpaired) electrons. The van der Waals surface area contributed by atoms with Crippen molar-refractivity contribution >= 4 is 29.7 Å². The Morgan fingerprint density at radius 1 is 1.17 bits per heavy atom. The van der Waals surface area contributed by atoms with E-state index >= 15 is 0 Å². The van der Waals surface area contributed by atoms with E-state index in [4.69, 9.17) is 4.52 Å². The largest absolute Gasteiger partial charge is 2.00 e. The predicted octanol–water partition coefficient (Wildman–Crippen LogP) is 3.91. The first kappa shape index (κ1) is 21.8. The first-order chi connectivity index (χ1) is 7.85. The van der Waals surface area contributed by atoms with Gasteiger partial charge in [0.05, 0.1) is 6.10 Å². The van der Waals surface area contributed by atoms with E-state index in [-0.39, 0.29) is 25.6 Å². The first-order valence-electron chi connectivity index (χ1n) is 6.55. The van der Waals surface area contributed by atoms with Crippen LogP contribution in [0.3, 0.4) is 0 Å². The molecule has 0 N–H and O–H groups in total. The van der Waals surface area contributed by atoms with E-state index in [2.05, 4.69) is 44.8 Å². The van der Waals surface area contributed by atoms with Gasteiger partial charge in [-0.1, -0.05) is 52.9 Å². The van der Waals surface area contributed by atoms with Crippen LogP contribution in [0.25, 0.3) is 0 Å². The van der Waals surface area contributed by atoms with Crippen LogP contribution in [0, 0.1) is 5.92 Å². The van der Waals surface area contributed by atoms with E-state index in [1.165, 1.54) is 12.8 Å². The molecule has 0 spiro atoms. The molecule has 2 nitrogen and oxygen atoms in total. The molecule has 2 atom stereocenters. The Hall–Kier alpha value is 1.54. The number of unbranched alkanes of at least 4 members (excludes halogenated alkanes) is 2. The summed E-state index contributed by atoms with van der Waals surface area (Å²) in [4.78, 5) is 11.3. The van der Waals surface area contributed by atoms with Gasteiger partial charge in [0.1, 0.15) is 0 Å². The van der Waals surface area contributed by atoms with Crippen LogP contribution in [0.15, 0.2) is 0 Å². The topological polar surface area (TPSA) is 32.3 Å². The second kappa shape index (κ2) is 12.3. The quantitative estimate of drug-likeness (QED) is 0.255. The molecule has 2 unspecified atom stereocenters. The number of hydrogen-bond acceptors (Lipinski definition) is 4. The third-order valence-electron chi connectivity index (χ3n) is 2.72. The summed E-state index contributed by atoms with van der Waals surface area (Å²) < 4.78 is 5.33. The minimum Gasteiger partial charge on any atom is -0.819 e. The molecule has 0 heterocycles. The second-order valence-corrected chi connectivity index (χ2v) is 9.68. The van der Waals surface area contributed by atoms with Gasteiger partial charge in [0, 0.05) is 0 Å². The van der Waals surface area contributed by atoms with E-state index in [1.807, 2.05) is 0 Å². The molecule has 0 rings (SSSR count). The molecule has 0 aliphatic rings. The fourth-order valence-electron chi connectivity index (χ4n) is 1.79. The summed E-state index contributed by atoms with van der Waals surface area (Å²) in [6.07, 6.45) is 7.60. The maximum Gasteiger partial charge on any atom is 2.00 e. The zero-order chi connectivity index (χ0) is 13.3. The molecule has 0 bridgehead atoms. The van der Waals surface area contributed by atoms with E-state index in [0.717, 1.165) is 38.0 Å². The molecule has 0 fully saturated rings. The Labute approximate surface area is 136 Å². The molecule has 0 amide bonds. The molecular formula is C12H25O2PS2Zn. The molecule has 0 aromatic heterocycles. The van der Waals surface area contributed by atoms with Gasteiger partial charge in [-0.05, 0) is 18.8 Å². The maximum absolute atomic E-state index is 11.3. The van der Waals surface area contributed by atoms with Crippen LogP contribution in [-0.2, 0) is 48.1 Å². The van der Waals surface area contributed by atoms with Gasteiger partial charge in [0.15, 0.2) is 0 Å². The molecular weight excluding hydrogens is 337 g/mol. The summed E-state index contributed by atoms with van der Waals surface area (Å²) in [5.41, 5.74) is -3.16. The van der Waals surface area contributed by atoms with E-state index in [9.17, 15) is 4.89 Å². The molecule has 0 aromatic rings. The van der Waals surface area contributed by atoms with Gasteiger partial charge in [-0.3, -0.25) is 0 Å². The van der Waals surface area contributed by atoms with Crippen LogP contribution in [0.2, 0.25) is 0 Å². The average Bonchev–Trinajstić information content (AvgIpc) is 2.18. The van der Waals surface area contributed by atoms with Gasteiger partial charge in [-0.15, -0.1) is 17.5 Å². The maximum atomic E-state index is 11.3. The molecule has 0 saturated heterocycles. The fraction of sp³-hybridized carbons (Fsp3) is 1.00. The van der Waals surface area contributed by atoms with Crippen LogP contribution >= 0.6 is 5.69 Å². The van der Waals surface area contributed by atoms with Crippen molar-refractivity contribution in [2.75, 3.05) is 0 Å². The van der Waals surface area contributed by atoms with Gasteiger partial charge < -0.3 is 21.7 Å². The second-order valence-electron chi connectivity index (χ2n) is 5.00. The van der Waals surface area contributed by atoms with E-state index in [1.54, 1.807) is 0 Å². The normalized spacial score (nSPS) is 16.1. The summed E-state index contributed by atoms with van der Waals surface area (Å²) in [5, 5.41) is 0. The predicted molar refractivity (Wildman–Crippen MR) is 79.4 cm³/mol. The van der Waals surface area contributed by atoms with Crippen LogP contribution in [-0.4, -0.2) is 6.10 Å². The van der Waals surface area contributed by atoms with E-state index < -0.39 is 5.69 Å². The van der Waals surface area contributed by atoms with Crippen LogP contribution in [0.4, 0.5) is 0 Å². The molecule has 18 heavy (non-hydrogen) atoms. The van der Waals surface area contributed by atoms with Crippen molar-refractivity contribution in [1.82, 2.24) is 0 Å². The summed E-state index contributed by atoms with van der Waals surface area (Å²) in [7, 11) is 0. The fourth-order valence-corrected chi connectivity index (χ4v) is 3.09. The summed E-state index contributed by atoms with van der Waals surface area (Å²) >= 11 is 9.36. The van der Waals surface area contributed by atoms with Gasteiger partial charge in [-0.25, -0.2) is 0 Å². The van der Waals surface area contributed by atoms with Crippen LogP contribution < -0.4 is 4.89 Å².